The van der Waals surface area contributed by atoms with Crippen molar-refractivity contribution in [3.8, 4) is 5.75 Å². The molecular formula is C16H24FNO. The van der Waals surface area contributed by atoms with Gasteiger partial charge in [-0.3, -0.25) is 0 Å². The molecule has 106 valence electrons. The van der Waals surface area contributed by atoms with Gasteiger partial charge in [-0.05, 0) is 62.5 Å². The van der Waals surface area contributed by atoms with E-state index in [0.29, 0.717) is 6.61 Å². The molecule has 3 heteroatoms. The van der Waals surface area contributed by atoms with Crippen LogP contribution in [0.25, 0.3) is 0 Å². The molecular weight excluding hydrogens is 241 g/mol. The van der Waals surface area contributed by atoms with Gasteiger partial charge in [-0.15, -0.1) is 0 Å². The Balaban J connectivity index is 1.58. The largest absolute Gasteiger partial charge is 0.494 e. The van der Waals surface area contributed by atoms with E-state index in [1.165, 1.54) is 44.5 Å². The van der Waals surface area contributed by atoms with Crippen LogP contribution >= 0.6 is 0 Å². The lowest BCUT2D eigenvalue weighted by Gasteiger charge is -2.31. The fraction of sp³-hybridized carbons (Fsp3) is 0.625. The Morgan fingerprint density at radius 3 is 2.53 bits per heavy atom. The third kappa shape index (κ3) is 4.83. The predicted octanol–water partition coefficient (Wildman–Crippen LogP) is 3.72. The maximum atomic E-state index is 12.7. The fourth-order valence-electron chi connectivity index (χ4n) is 2.63. The number of halogens is 1. The van der Waals surface area contributed by atoms with E-state index >= 15 is 0 Å². The Kier molecular flexibility index (Phi) is 5.64. The van der Waals surface area contributed by atoms with Crippen molar-refractivity contribution in [1.82, 2.24) is 4.90 Å². The lowest BCUT2D eigenvalue weighted by Crippen LogP contribution is -2.34. The number of ether oxygens (including phenoxy) is 1. The Labute approximate surface area is 115 Å². The van der Waals surface area contributed by atoms with E-state index in [2.05, 4.69) is 11.8 Å². The zero-order valence-electron chi connectivity index (χ0n) is 11.8. The van der Waals surface area contributed by atoms with Crippen LogP contribution in [0.1, 0.15) is 32.6 Å². The topological polar surface area (TPSA) is 12.5 Å². The maximum Gasteiger partial charge on any atom is 0.123 e. The molecule has 2 rings (SSSR count). The van der Waals surface area contributed by atoms with Crippen LogP contribution in [0.3, 0.4) is 0 Å². The number of rotatable bonds is 6. The van der Waals surface area contributed by atoms with Gasteiger partial charge in [0.1, 0.15) is 11.6 Å². The van der Waals surface area contributed by atoms with Crippen LogP contribution in [0.4, 0.5) is 4.39 Å². The van der Waals surface area contributed by atoms with Crippen LogP contribution in [0.2, 0.25) is 0 Å². The first-order valence-corrected chi connectivity index (χ1v) is 7.38. The molecule has 1 aromatic carbocycles. The minimum Gasteiger partial charge on any atom is -0.494 e. The summed E-state index contributed by atoms with van der Waals surface area (Å²) in [5, 5.41) is 0. The van der Waals surface area contributed by atoms with Crippen molar-refractivity contribution in [3.05, 3.63) is 30.1 Å². The lowest BCUT2D eigenvalue weighted by molar-refractivity contribution is 0.169. The van der Waals surface area contributed by atoms with Gasteiger partial charge < -0.3 is 9.64 Å². The average molecular weight is 265 g/mol. The van der Waals surface area contributed by atoms with Crippen LogP contribution in [0.15, 0.2) is 24.3 Å². The number of nitrogens with zero attached hydrogens (tertiary/aromatic N) is 1. The summed E-state index contributed by atoms with van der Waals surface area (Å²) in [6, 6.07) is 6.24. The first-order chi connectivity index (χ1) is 9.28. The normalized spacial score (nSPS) is 17.6. The van der Waals surface area contributed by atoms with Gasteiger partial charge in [0, 0.05) is 6.54 Å². The highest BCUT2D eigenvalue weighted by Crippen LogP contribution is 2.19. The molecule has 0 N–H and O–H groups in total. The summed E-state index contributed by atoms with van der Waals surface area (Å²) < 4.78 is 18.3. The number of piperidine rings is 1. The van der Waals surface area contributed by atoms with Gasteiger partial charge in [-0.25, -0.2) is 4.39 Å². The summed E-state index contributed by atoms with van der Waals surface area (Å²) in [5.41, 5.74) is 0. The molecule has 2 nitrogen and oxygen atoms in total. The zero-order valence-corrected chi connectivity index (χ0v) is 11.8. The van der Waals surface area contributed by atoms with Crippen molar-refractivity contribution in [3.63, 3.8) is 0 Å². The van der Waals surface area contributed by atoms with E-state index in [-0.39, 0.29) is 5.82 Å². The van der Waals surface area contributed by atoms with Crippen LogP contribution in [-0.4, -0.2) is 31.1 Å². The minimum absolute atomic E-state index is 0.217. The number of hydrogen-bond donors (Lipinski definition) is 0. The third-order valence-electron chi connectivity index (χ3n) is 3.99. The Hall–Kier alpha value is -1.09. The Bertz CT molecular complexity index is 358. The molecule has 0 aromatic heterocycles. The van der Waals surface area contributed by atoms with Gasteiger partial charge in [0.25, 0.3) is 0 Å². The van der Waals surface area contributed by atoms with Gasteiger partial charge in [0.15, 0.2) is 0 Å². The molecule has 1 saturated heterocycles. The molecule has 1 aliphatic rings. The van der Waals surface area contributed by atoms with E-state index in [1.807, 2.05) is 0 Å². The molecule has 1 heterocycles. The third-order valence-corrected chi connectivity index (χ3v) is 3.99. The summed E-state index contributed by atoms with van der Waals surface area (Å²) >= 11 is 0. The number of benzene rings is 1. The predicted molar refractivity (Wildman–Crippen MR) is 76.0 cm³/mol. The lowest BCUT2D eigenvalue weighted by atomic mass is 9.94. The summed E-state index contributed by atoms with van der Waals surface area (Å²) in [6.45, 7) is 6.57. The second-order valence-electron chi connectivity index (χ2n) is 5.35. The summed E-state index contributed by atoms with van der Waals surface area (Å²) in [5.74, 6) is 1.48. The van der Waals surface area contributed by atoms with Crippen molar-refractivity contribution in [2.45, 2.75) is 32.6 Å². The van der Waals surface area contributed by atoms with Gasteiger partial charge in [0.05, 0.1) is 6.61 Å². The van der Waals surface area contributed by atoms with E-state index in [1.54, 1.807) is 12.1 Å². The van der Waals surface area contributed by atoms with Crippen molar-refractivity contribution in [1.29, 1.82) is 0 Å². The molecule has 0 saturated carbocycles. The molecule has 19 heavy (non-hydrogen) atoms. The van der Waals surface area contributed by atoms with Crippen molar-refractivity contribution in [2.75, 3.05) is 26.2 Å². The molecule has 1 aliphatic heterocycles. The van der Waals surface area contributed by atoms with Crippen molar-refractivity contribution in [2.24, 2.45) is 5.92 Å². The smallest absolute Gasteiger partial charge is 0.123 e. The summed E-state index contributed by atoms with van der Waals surface area (Å²) in [7, 11) is 0. The quantitative estimate of drug-likeness (QED) is 0.727. The molecule has 0 amide bonds. The van der Waals surface area contributed by atoms with Crippen LogP contribution in [0.5, 0.6) is 5.75 Å². The van der Waals surface area contributed by atoms with E-state index < -0.39 is 0 Å². The second kappa shape index (κ2) is 7.49. The SMILES string of the molecule is CCC1CCN(CCCOc2ccc(F)cc2)CC1. The second-order valence-corrected chi connectivity index (χ2v) is 5.35. The first-order valence-electron chi connectivity index (χ1n) is 7.38. The summed E-state index contributed by atoms with van der Waals surface area (Å²) in [6.07, 6.45) is 5.04. The zero-order chi connectivity index (χ0) is 13.5. The highest BCUT2D eigenvalue weighted by Gasteiger charge is 2.16. The van der Waals surface area contributed by atoms with Gasteiger partial charge >= 0.3 is 0 Å². The van der Waals surface area contributed by atoms with Gasteiger partial charge in [0.2, 0.25) is 0 Å². The van der Waals surface area contributed by atoms with Crippen LogP contribution in [-0.2, 0) is 0 Å². The Morgan fingerprint density at radius 2 is 1.89 bits per heavy atom. The maximum absolute atomic E-state index is 12.7. The molecule has 0 radical (unpaired) electrons. The minimum atomic E-state index is -0.217. The molecule has 0 bridgehead atoms. The standard InChI is InChI=1S/C16H24FNO/c1-2-14-8-11-18(12-9-14)10-3-13-19-16-6-4-15(17)5-7-16/h4-7,14H,2-3,8-13H2,1H3. The first kappa shape index (κ1) is 14.3. The van der Waals surface area contributed by atoms with Crippen molar-refractivity contribution >= 4 is 0 Å². The summed E-state index contributed by atoms with van der Waals surface area (Å²) in [4.78, 5) is 2.53. The molecule has 1 fully saturated rings. The van der Waals surface area contributed by atoms with E-state index in [9.17, 15) is 4.39 Å². The fourth-order valence-corrected chi connectivity index (χ4v) is 2.63. The molecule has 0 aliphatic carbocycles. The van der Waals surface area contributed by atoms with Crippen LogP contribution in [0, 0.1) is 11.7 Å². The van der Waals surface area contributed by atoms with Gasteiger partial charge in [-0.2, -0.15) is 0 Å². The molecule has 0 atom stereocenters. The molecule has 0 unspecified atom stereocenters. The number of likely N-dealkylation sites (tertiary alicyclic amines) is 1. The monoisotopic (exact) mass is 265 g/mol. The highest BCUT2D eigenvalue weighted by atomic mass is 19.1. The van der Waals surface area contributed by atoms with E-state index in [4.69, 9.17) is 4.74 Å². The van der Waals surface area contributed by atoms with Crippen LogP contribution < -0.4 is 4.74 Å². The van der Waals surface area contributed by atoms with Crippen molar-refractivity contribution < 1.29 is 9.13 Å². The van der Waals surface area contributed by atoms with E-state index in [0.717, 1.165) is 24.6 Å². The van der Waals surface area contributed by atoms with Gasteiger partial charge in [-0.1, -0.05) is 13.3 Å². The Morgan fingerprint density at radius 1 is 1.21 bits per heavy atom. The molecule has 1 aromatic rings. The number of hydrogen-bond acceptors (Lipinski definition) is 2. The molecule has 0 spiro atoms. The highest BCUT2D eigenvalue weighted by molar-refractivity contribution is 5.21. The average Bonchev–Trinajstić information content (AvgIpc) is 2.46.